The maximum absolute atomic E-state index is 12.1. The van der Waals surface area contributed by atoms with Gasteiger partial charge in [-0.25, -0.2) is 9.97 Å². The minimum atomic E-state index is -0.369. The Morgan fingerprint density at radius 2 is 1.90 bits per heavy atom. The quantitative estimate of drug-likeness (QED) is 0.589. The summed E-state index contributed by atoms with van der Waals surface area (Å²) in [7, 11) is 0. The van der Waals surface area contributed by atoms with E-state index in [0.717, 1.165) is 11.3 Å². The van der Waals surface area contributed by atoms with Crippen molar-refractivity contribution in [1.82, 2.24) is 9.97 Å². The summed E-state index contributed by atoms with van der Waals surface area (Å²) < 4.78 is 0. The molecule has 0 aliphatic carbocycles. The van der Waals surface area contributed by atoms with Gasteiger partial charge in [-0.1, -0.05) is 23.9 Å². The number of nitrogens with two attached hydrogens (primary N) is 2. The van der Waals surface area contributed by atoms with E-state index in [9.17, 15) is 4.79 Å². The molecule has 0 saturated heterocycles. The van der Waals surface area contributed by atoms with Crippen LogP contribution in [-0.4, -0.2) is 21.1 Å². The molecule has 0 unspecified atom stereocenters. The number of thioether (sulfide) groups is 1. The predicted octanol–water partition coefficient (Wildman–Crippen LogP) is 2.07. The number of nitrogens with zero attached hydrogens (tertiary/aromatic N) is 2. The molecule has 1 amide bonds. The van der Waals surface area contributed by atoms with Crippen LogP contribution in [-0.2, 0) is 4.79 Å². The number of anilines is 3. The summed E-state index contributed by atoms with van der Waals surface area (Å²) in [6, 6.07) is 9.09. The minimum absolute atomic E-state index is 0.129. The molecule has 2 aromatic rings. The van der Waals surface area contributed by atoms with Gasteiger partial charge in [0.15, 0.2) is 5.16 Å². The van der Waals surface area contributed by atoms with Crippen LogP contribution in [0.1, 0.15) is 12.5 Å². The van der Waals surface area contributed by atoms with Crippen LogP contribution in [0.3, 0.4) is 0 Å². The summed E-state index contributed by atoms with van der Waals surface area (Å²) >= 11 is 1.21. The normalized spacial score (nSPS) is 11.9. The van der Waals surface area contributed by atoms with E-state index in [2.05, 4.69) is 15.3 Å². The standard InChI is InChI=1S/C14H17N5OS/c1-8-4-3-5-10(6-8)17-13(20)9(2)21-14-18-11(15)7-12(16)19-14/h3-7,9H,1-2H3,(H,17,20)(H4,15,16,18,19)/t9-/m0/s1. The van der Waals surface area contributed by atoms with Crippen molar-refractivity contribution in [2.24, 2.45) is 0 Å². The molecule has 1 heterocycles. The van der Waals surface area contributed by atoms with Crippen LogP contribution in [0.15, 0.2) is 35.5 Å². The lowest BCUT2D eigenvalue weighted by Gasteiger charge is -2.12. The lowest BCUT2D eigenvalue weighted by molar-refractivity contribution is -0.115. The molecule has 0 bridgehead atoms. The van der Waals surface area contributed by atoms with Crippen LogP contribution in [0, 0.1) is 6.92 Å². The summed E-state index contributed by atoms with van der Waals surface area (Å²) in [4.78, 5) is 20.2. The van der Waals surface area contributed by atoms with Crippen molar-refractivity contribution >= 4 is 35.0 Å². The third-order valence-corrected chi connectivity index (χ3v) is 3.64. The summed E-state index contributed by atoms with van der Waals surface area (Å²) in [5, 5.41) is 2.87. The van der Waals surface area contributed by atoms with Gasteiger partial charge in [-0.2, -0.15) is 0 Å². The van der Waals surface area contributed by atoms with E-state index in [0.29, 0.717) is 5.16 Å². The number of benzene rings is 1. The second-order valence-corrected chi connectivity index (χ2v) is 5.93. The van der Waals surface area contributed by atoms with Gasteiger partial charge in [-0.15, -0.1) is 0 Å². The molecule has 0 saturated carbocycles. The molecule has 1 atom stereocenters. The number of rotatable bonds is 4. The van der Waals surface area contributed by atoms with E-state index in [1.807, 2.05) is 31.2 Å². The largest absolute Gasteiger partial charge is 0.383 e. The van der Waals surface area contributed by atoms with Crippen LogP contribution in [0.25, 0.3) is 0 Å². The number of nitrogen functional groups attached to an aromatic ring is 2. The summed E-state index contributed by atoms with van der Waals surface area (Å²) in [5.74, 6) is 0.447. The SMILES string of the molecule is Cc1cccc(NC(=O)[C@H](C)Sc2nc(N)cc(N)n2)c1. The average molecular weight is 303 g/mol. The van der Waals surface area contributed by atoms with Gasteiger partial charge in [0.1, 0.15) is 11.6 Å². The number of nitrogens with one attached hydrogen (secondary N) is 1. The zero-order valence-electron chi connectivity index (χ0n) is 11.8. The van der Waals surface area contributed by atoms with E-state index >= 15 is 0 Å². The summed E-state index contributed by atoms with van der Waals surface area (Å²) in [6.45, 7) is 3.75. The number of carbonyl (C=O) groups is 1. The Labute approximate surface area is 127 Å². The van der Waals surface area contributed by atoms with E-state index in [1.54, 1.807) is 6.92 Å². The molecule has 5 N–H and O–H groups in total. The molecule has 0 spiro atoms. The van der Waals surface area contributed by atoms with Crippen molar-refractivity contribution in [2.45, 2.75) is 24.3 Å². The Morgan fingerprint density at radius 3 is 2.52 bits per heavy atom. The Balaban J connectivity index is 2.02. The first-order chi connectivity index (χ1) is 9.94. The van der Waals surface area contributed by atoms with Gasteiger partial charge in [-0.05, 0) is 31.5 Å². The maximum Gasteiger partial charge on any atom is 0.237 e. The smallest absolute Gasteiger partial charge is 0.237 e. The highest BCUT2D eigenvalue weighted by Gasteiger charge is 2.16. The molecule has 0 aliphatic rings. The molecular formula is C14H17N5OS. The molecule has 7 heteroatoms. The molecule has 21 heavy (non-hydrogen) atoms. The highest BCUT2D eigenvalue weighted by Crippen LogP contribution is 2.22. The zero-order valence-corrected chi connectivity index (χ0v) is 12.6. The van der Waals surface area contributed by atoms with Gasteiger partial charge in [-0.3, -0.25) is 4.79 Å². The second-order valence-electron chi connectivity index (χ2n) is 4.62. The second kappa shape index (κ2) is 6.45. The molecule has 0 aliphatic heterocycles. The lowest BCUT2D eigenvalue weighted by atomic mass is 10.2. The molecular weight excluding hydrogens is 286 g/mol. The first-order valence-corrected chi connectivity index (χ1v) is 7.26. The number of hydrogen-bond donors (Lipinski definition) is 3. The van der Waals surface area contributed by atoms with Gasteiger partial charge in [0.2, 0.25) is 5.91 Å². The maximum atomic E-state index is 12.1. The molecule has 0 radical (unpaired) electrons. The minimum Gasteiger partial charge on any atom is -0.383 e. The van der Waals surface area contributed by atoms with Crippen LogP contribution in [0.5, 0.6) is 0 Å². The third kappa shape index (κ3) is 4.35. The van der Waals surface area contributed by atoms with E-state index in [1.165, 1.54) is 17.8 Å². The fraction of sp³-hybridized carbons (Fsp3) is 0.214. The van der Waals surface area contributed by atoms with Crippen LogP contribution in [0.4, 0.5) is 17.3 Å². The molecule has 0 fully saturated rings. The van der Waals surface area contributed by atoms with Crippen molar-refractivity contribution in [2.75, 3.05) is 16.8 Å². The summed E-state index contributed by atoms with van der Waals surface area (Å²) in [5.41, 5.74) is 13.1. The van der Waals surface area contributed by atoms with Gasteiger partial charge >= 0.3 is 0 Å². The predicted molar refractivity (Wildman–Crippen MR) is 86.0 cm³/mol. The van der Waals surface area contributed by atoms with Crippen LogP contribution >= 0.6 is 11.8 Å². The van der Waals surface area contributed by atoms with Crippen molar-refractivity contribution < 1.29 is 4.79 Å². The molecule has 1 aromatic carbocycles. The zero-order chi connectivity index (χ0) is 15.4. The fourth-order valence-electron chi connectivity index (χ4n) is 1.69. The van der Waals surface area contributed by atoms with Gasteiger partial charge < -0.3 is 16.8 Å². The van der Waals surface area contributed by atoms with E-state index in [4.69, 9.17) is 11.5 Å². The number of amides is 1. The van der Waals surface area contributed by atoms with Crippen LogP contribution < -0.4 is 16.8 Å². The summed E-state index contributed by atoms with van der Waals surface area (Å²) in [6.07, 6.45) is 0. The van der Waals surface area contributed by atoms with Crippen molar-refractivity contribution in [3.05, 3.63) is 35.9 Å². The topological polar surface area (TPSA) is 107 Å². The Morgan fingerprint density at radius 1 is 1.24 bits per heavy atom. The van der Waals surface area contributed by atoms with Gasteiger partial charge in [0.25, 0.3) is 0 Å². The number of carbonyl (C=O) groups excluding carboxylic acids is 1. The first kappa shape index (κ1) is 15.1. The monoisotopic (exact) mass is 303 g/mol. The first-order valence-electron chi connectivity index (χ1n) is 6.38. The Hall–Kier alpha value is -2.28. The average Bonchev–Trinajstić information content (AvgIpc) is 2.37. The van der Waals surface area contributed by atoms with Crippen LogP contribution in [0.2, 0.25) is 0 Å². The van der Waals surface area contributed by atoms with E-state index in [-0.39, 0.29) is 22.8 Å². The van der Waals surface area contributed by atoms with Gasteiger partial charge in [0, 0.05) is 11.8 Å². The van der Waals surface area contributed by atoms with Crippen molar-refractivity contribution in [3.63, 3.8) is 0 Å². The number of hydrogen-bond acceptors (Lipinski definition) is 6. The van der Waals surface area contributed by atoms with Crippen molar-refractivity contribution in [1.29, 1.82) is 0 Å². The molecule has 6 nitrogen and oxygen atoms in total. The fourth-order valence-corrected chi connectivity index (χ4v) is 2.49. The molecule has 1 aromatic heterocycles. The highest BCUT2D eigenvalue weighted by atomic mass is 32.2. The Kier molecular flexibility index (Phi) is 4.64. The molecule has 2 rings (SSSR count). The van der Waals surface area contributed by atoms with Crippen molar-refractivity contribution in [3.8, 4) is 0 Å². The third-order valence-electron chi connectivity index (χ3n) is 2.68. The van der Waals surface area contributed by atoms with E-state index < -0.39 is 0 Å². The number of aromatic nitrogens is 2. The highest BCUT2D eigenvalue weighted by molar-refractivity contribution is 8.00. The Bertz CT molecular complexity index is 641. The van der Waals surface area contributed by atoms with Gasteiger partial charge in [0.05, 0.1) is 5.25 Å². The molecule has 110 valence electrons. The number of aryl methyl sites for hydroxylation is 1. The lowest BCUT2D eigenvalue weighted by Crippen LogP contribution is -2.22.